The van der Waals surface area contributed by atoms with E-state index in [0.717, 1.165) is 11.3 Å². The van der Waals surface area contributed by atoms with E-state index >= 15 is 0 Å². The van der Waals surface area contributed by atoms with Crippen LogP contribution in [0.1, 0.15) is 26.3 Å². The van der Waals surface area contributed by atoms with Crippen LogP contribution in [0.3, 0.4) is 0 Å². The van der Waals surface area contributed by atoms with E-state index in [1.807, 2.05) is 31.2 Å². The first kappa shape index (κ1) is 13.8. The maximum atomic E-state index is 12.1. The summed E-state index contributed by atoms with van der Waals surface area (Å²) in [5, 5.41) is 2.83. The lowest BCUT2D eigenvalue weighted by Crippen LogP contribution is -2.13. The summed E-state index contributed by atoms with van der Waals surface area (Å²) >= 11 is 0. The Labute approximate surface area is 117 Å². The SMILES string of the molecule is COC(=O)c1ccc(C(=O)Nc2ccccc2C)cc1. The molecule has 1 amide bonds. The van der Waals surface area contributed by atoms with Gasteiger partial charge in [0.05, 0.1) is 12.7 Å². The van der Waals surface area contributed by atoms with Crippen LogP contribution in [0, 0.1) is 6.92 Å². The summed E-state index contributed by atoms with van der Waals surface area (Å²) in [6.45, 7) is 1.93. The van der Waals surface area contributed by atoms with E-state index in [9.17, 15) is 9.59 Å². The predicted octanol–water partition coefficient (Wildman–Crippen LogP) is 3.03. The zero-order valence-corrected chi connectivity index (χ0v) is 11.3. The van der Waals surface area contributed by atoms with Crippen molar-refractivity contribution in [2.45, 2.75) is 6.92 Å². The molecule has 2 aromatic rings. The number of methoxy groups -OCH3 is 1. The zero-order chi connectivity index (χ0) is 14.5. The van der Waals surface area contributed by atoms with E-state index in [4.69, 9.17) is 0 Å². The van der Waals surface area contributed by atoms with Gasteiger partial charge in [-0.3, -0.25) is 4.79 Å². The van der Waals surface area contributed by atoms with Crippen LogP contribution in [-0.2, 0) is 4.74 Å². The Kier molecular flexibility index (Phi) is 4.15. The van der Waals surface area contributed by atoms with Gasteiger partial charge in [-0.05, 0) is 42.8 Å². The summed E-state index contributed by atoms with van der Waals surface area (Å²) in [4.78, 5) is 23.4. The Morgan fingerprint density at radius 2 is 1.55 bits per heavy atom. The Bertz CT molecular complexity index is 632. The molecule has 0 saturated carbocycles. The van der Waals surface area contributed by atoms with Crippen LogP contribution in [0.5, 0.6) is 0 Å². The van der Waals surface area contributed by atoms with Gasteiger partial charge in [-0.1, -0.05) is 18.2 Å². The zero-order valence-electron chi connectivity index (χ0n) is 11.3. The van der Waals surface area contributed by atoms with E-state index in [2.05, 4.69) is 10.1 Å². The molecule has 0 bridgehead atoms. The Hall–Kier alpha value is -2.62. The lowest BCUT2D eigenvalue weighted by molar-refractivity contribution is 0.0600. The standard InChI is InChI=1S/C16H15NO3/c1-11-5-3-4-6-14(11)17-15(18)12-7-9-13(10-8-12)16(19)20-2/h3-10H,1-2H3,(H,17,18). The van der Waals surface area contributed by atoms with Crippen LogP contribution >= 0.6 is 0 Å². The topological polar surface area (TPSA) is 55.4 Å². The van der Waals surface area contributed by atoms with Crippen molar-refractivity contribution in [2.75, 3.05) is 12.4 Å². The molecular weight excluding hydrogens is 254 g/mol. The Balaban J connectivity index is 2.14. The first-order valence-corrected chi connectivity index (χ1v) is 6.17. The van der Waals surface area contributed by atoms with Crippen molar-refractivity contribution < 1.29 is 14.3 Å². The maximum Gasteiger partial charge on any atom is 0.337 e. The number of rotatable bonds is 3. The number of aryl methyl sites for hydroxylation is 1. The highest BCUT2D eigenvalue weighted by Crippen LogP contribution is 2.15. The number of carbonyl (C=O) groups excluding carboxylic acids is 2. The molecule has 20 heavy (non-hydrogen) atoms. The van der Waals surface area contributed by atoms with Crippen molar-refractivity contribution in [3.63, 3.8) is 0 Å². The third-order valence-electron chi connectivity index (χ3n) is 2.96. The second-order valence-electron chi connectivity index (χ2n) is 4.34. The number of amides is 1. The monoisotopic (exact) mass is 269 g/mol. The molecule has 0 radical (unpaired) electrons. The van der Waals surface area contributed by atoms with Crippen LogP contribution in [-0.4, -0.2) is 19.0 Å². The Morgan fingerprint density at radius 3 is 2.15 bits per heavy atom. The molecule has 1 N–H and O–H groups in total. The second kappa shape index (κ2) is 6.02. The van der Waals surface area contributed by atoms with Gasteiger partial charge in [-0.15, -0.1) is 0 Å². The number of hydrogen-bond donors (Lipinski definition) is 1. The largest absolute Gasteiger partial charge is 0.465 e. The first-order valence-electron chi connectivity index (χ1n) is 6.17. The molecule has 4 nitrogen and oxygen atoms in total. The fourth-order valence-electron chi connectivity index (χ4n) is 1.78. The first-order chi connectivity index (χ1) is 9.61. The van der Waals surface area contributed by atoms with Gasteiger partial charge in [0.15, 0.2) is 0 Å². The van der Waals surface area contributed by atoms with Gasteiger partial charge in [0.25, 0.3) is 5.91 Å². The highest BCUT2D eigenvalue weighted by molar-refractivity contribution is 6.05. The summed E-state index contributed by atoms with van der Waals surface area (Å²) in [5.41, 5.74) is 2.67. The molecule has 0 saturated heterocycles. The van der Waals surface area contributed by atoms with Gasteiger partial charge < -0.3 is 10.1 Å². The molecule has 2 rings (SSSR count). The molecule has 0 fully saturated rings. The van der Waals surface area contributed by atoms with E-state index in [0.29, 0.717) is 11.1 Å². The van der Waals surface area contributed by atoms with Crippen molar-refractivity contribution in [1.29, 1.82) is 0 Å². The summed E-state index contributed by atoms with van der Waals surface area (Å²) in [6.07, 6.45) is 0. The predicted molar refractivity (Wildman–Crippen MR) is 76.9 cm³/mol. The van der Waals surface area contributed by atoms with Gasteiger partial charge >= 0.3 is 5.97 Å². The lowest BCUT2D eigenvalue weighted by atomic mass is 10.1. The van der Waals surface area contributed by atoms with E-state index in [1.54, 1.807) is 24.3 Å². The van der Waals surface area contributed by atoms with Crippen molar-refractivity contribution in [3.05, 3.63) is 65.2 Å². The number of para-hydroxylation sites is 1. The van der Waals surface area contributed by atoms with E-state index in [-0.39, 0.29) is 5.91 Å². The second-order valence-corrected chi connectivity index (χ2v) is 4.34. The number of anilines is 1. The van der Waals surface area contributed by atoms with Crippen LogP contribution in [0.4, 0.5) is 5.69 Å². The number of benzene rings is 2. The fraction of sp³-hybridized carbons (Fsp3) is 0.125. The number of ether oxygens (including phenoxy) is 1. The highest BCUT2D eigenvalue weighted by atomic mass is 16.5. The van der Waals surface area contributed by atoms with E-state index < -0.39 is 5.97 Å². The van der Waals surface area contributed by atoms with Gasteiger partial charge in [0, 0.05) is 11.3 Å². The summed E-state index contributed by atoms with van der Waals surface area (Å²) in [5.74, 6) is -0.633. The summed E-state index contributed by atoms with van der Waals surface area (Å²) in [6, 6.07) is 13.9. The van der Waals surface area contributed by atoms with Crippen molar-refractivity contribution >= 4 is 17.6 Å². The van der Waals surface area contributed by atoms with Gasteiger partial charge in [0.1, 0.15) is 0 Å². The Morgan fingerprint density at radius 1 is 0.950 bits per heavy atom. The molecule has 2 aromatic carbocycles. The molecule has 0 aromatic heterocycles. The molecule has 102 valence electrons. The van der Waals surface area contributed by atoms with E-state index in [1.165, 1.54) is 7.11 Å². The maximum absolute atomic E-state index is 12.1. The number of nitrogens with one attached hydrogen (secondary N) is 1. The van der Waals surface area contributed by atoms with Crippen molar-refractivity contribution in [3.8, 4) is 0 Å². The quantitative estimate of drug-likeness (QED) is 0.871. The minimum atomic E-state index is -0.420. The van der Waals surface area contributed by atoms with Gasteiger partial charge in [-0.25, -0.2) is 4.79 Å². The van der Waals surface area contributed by atoms with Gasteiger partial charge in [-0.2, -0.15) is 0 Å². The third kappa shape index (κ3) is 3.03. The summed E-state index contributed by atoms with van der Waals surface area (Å²) < 4.78 is 4.61. The number of carbonyl (C=O) groups is 2. The smallest absolute Gasteiger partial charge is 0.337 e. The highest BCUT2D eigenvalue weighted by Gasteiger charge is 2.09. The van der Waals surface area contributed by atoms with Crippen LogP contribution < -0.4 is 5.32 Å². The summed E-state index contributed by atoms with van der Waals surface area (Å²) in [7, 11) is 1.32. The van der Waals surface area contributed by atoms with Crippen LogP contribution in [0.15, 0.2) is 48.5 Å². The van der Waals surface area contributed by atoms with Crippen LogP contribution in [0.2, 0.25) is 0 Å². The molecule has 4 heteroatoms. The number of hydrogen-bond acceptors (Lipinski definition) is 3. The average molecular weight is 269 g/mol. The van der Waals surface area contributed by atoms with Gasteiger partial charge in [0.2, 0.25) is 0 Å². The normalized spacial score (nSPS) is 9.90. The third-order valence-corrected chi connectivity index (χ3v) is 2.96. The minimum Gasteiger partial charge on any atom is -0.465 e. The average Bonchev–Trinajstić information content (AvgIpc) is 2.49. The fourth-order valence-corrected chi connectivity index (χ4v) is 1.78. The van der Waals surface area contributed by atoms with Crippen molar-refractivity contribution in [1.82, 2.24) is 0 Å². The lowest BCUT2D eigenvalue weighted by Gasteiger charge is -2.08. The molecule has 0 spiro atoms. The molecule has 0 aliphatic rings. The molecule has 0 aliphatic carbocycles. The molecule has 0 unspecified atom stereocenters. The number of esters is 1. The molecule has 0 aliphatic heterocycles. The minimum absolute atomic E-state index is 0.212. The molecular formula is C16H15NO3. The molecule has 0 atom stereocenters. The van der Waals surface area contributed by atoms with Crippen LogP contribution in [0.25, 0.3) is 0 Å². The molecule has 0 heterocycles. The van der Waals surface area contributed by atoms with Crippen molar-refractivity contribution in [2.24, 2.45) is 0 Å².